The van der Waals surface area contributed by atoms with E-state index in [0.717, 1.165) is 68.9 Å². The topological polar surface area (TPSA) is 70.6 Å². The first-order chi connectivity index (χ1) is 13.6. The average Bonchev–Trinajstić information content (AvgIpc) is 3.19. The standard InChI is InChI=1S/C20H35N5O3/c1-21-20(22-7-9-24(2)10-11-26-3)23-16-6-8-25(15-16)17-12-18(27-4)14-19(13-17)28-5/h12-14,16H,6-11,15H2,1-5H3,(H2,21,22,23). The molecule has 1 atom stereocenters. The lowest BCUT2D eigenvalue weighted by Gasteiger charge is -2.22. The zero-order valence-corrected chi connectivity index (χ0v) is 17.8. The van der Waals surface area contributed by atoms with Crippen molar-refractivity contribution in [1.82, 2.24) is 15.5 Å². The highest BCUT2D eigenvalue weighted by Crippen LogP contribution is 2.30. The van der Waals surface area contributed by atoms with E-state index in [1.807, 2.05) is 25.2 Å². The molecule has 0 aromatic heterocycles. The van der Waals surface area contributed by atoms with Crippen LogP contribution in [0.1, 0.15) is 6.42 Å². The fourth-order valence-electron chi connectivity index (χ4n) is 3.20. The van der Waals surface area contributed by atoms with Gasteiger partial charge in [0.25, 0.3) is 0 Å². The highest BCUT2D eigenvalue weighted by atomic mass is 16.5. The lowest BCUT2D eigenvalue weighted by molar-refractivity contribution is 0.162. The molecule has 158 valence electrons. The maximum Gasteiger partial charge on any atom is 0.191 e. The number of aliphatic imine (C=N–C) groups is 1. The van der Waals surface area contributed by atoms with Gasteiger partial charge in [-0.2, -0.15) is 0 Å². The van der Waals surface area contributed by atoms with Crippen LogP contribution in [0.4, 0.5) is 5.69 Å². The SMILES string of the molecule is CN=C(NCCN(C)CCOC)NC1CCN(c2cc(OC)cc(OC)c2)C1. The van der Waals surface area contributed by atoms with Crippen molar-refractivity contribution in [3.8, 4) is 11.5 Å². The summed E-state index contributed by atoms with van der Waals surface area (Å²) >= 11 is 0. The van der Waals surface area contributed by atoms with Crippen LogP contribution in [0, 0.1) is 0 Å². The van der Waals surface area contributed by atoms with Crippen LogP contribution < -0.4 is 25.0 Å². The third-order valence-corrected chi connectivity index (χ3v) is 4.92. The van der Waals surface area contributed by atoms with Gasteiger partial charge >= 0.3 is 0 Å². The zero-order chi connectivity index (χ0) is 20.4. The van der Waals surface area contributed by atoms with E-state index in [1.54, 1.807) is 21.3 Å². The maximum atomic E-state index is 5.39. The molecule has 28 heavy (non-hydrogen) atoms. The van der Waals surface area contributed by atoms with Gasteiger partial charge in [-0.25, -0.2) is 0 Å². The Morgan fingerprint density at radius 2 is 1.89 bits per heavy atom. The molecule has 8 nitrogen and oxygen atoms in total. The van der Waals surface area contributed by atoms with Gasteiger partial charge in [0.05, 0.1) is 20.8 Å². The maximum absolute atomic E-state index is 5.39. The predicted octanol–water partition coefficient (Wildman–Crippen LogP) is 1.03. The second kappa shape index (κ2) is 11.6. The van der Waals surface area contributed by atoms with Crippen molar-refractivity contribution in [2.75, 3.05) is 79.7 Å². The van der Waals surface area contributed by atoms with Crippen LogP contribution >= 0.6 is 0 Å². The van der Waals surface area contributed by atoms with Crippen LogP contribution in [-0.4, -0.2) is 91.7 Å². The van der Waals surface area contributed by atoms with Crippen LogP contribution in [0.5, 0.6) is 11.5 Å². The highest BCUT2D eigenvalue weighted by molar-refractivity contribution is 5.80. The molecule has 0 bridgehead atoms. The molecule has 1 aromatic rings. The number of nitrogens with one attached hydrogen (secondary N) is 2. The van der Waals surface area contributed by atoms with Crippen molar-refractivity contribution >= 4 is 11.6 Å². The second-order valence-electron chi connectivity index (χ2n) is 6.94. The number of nitrogens with zero attached hydrogens (tertiary/aromatic N) is 3. The summed E-state index contributed by atoms with van der Waals surface area (Å²) in [7, 11) is 8.98. The Labute approximate surface area is 168 Å². The van der Waals surface area contributed by atoms with E-state index < -0.39 is 0 Å². The number of likely N-dealkylation sites (N-methyl/N-ethyl adjacent to an activating group) is 1. The van der Waals surface area contributed by atoms with Crippen molar-refractivity contribution in [2.45, 2.75) is 12.5 Å². The minimum absolute atomic E-state index is 0.342. The fraction of sp³-hybridized carbons (Fsp3) is 0.650. The summed E-state index contributed by atoms with van der Waals surface area (Å²) in [4.78, 5) is 8.93. The number of hydrogen-bond acceptors (Lipinski definition) is 6. The summed E-state index contributed by atoms with van der Waals surface area (Å²) in [6, 6.07) is 6.33. The fourth-order valence-corrected chi connectivity index (χ4v) is 3.20. The zero-order valence-electron chi connectivity index (χ0n) is 17.8. The Balaban J connectivity index is 1.83. The van der Waals surface area contributed by atoms with Gasteiger partial charge in [0, 0.05) is 76.8 Å². The summed E-state index contributed by atoms with van der Waals surface area (Å²) < 4.78 is 15.9. The first-order valence-electron chi connectivity index (χ1n) is 9.72. The molecule has 1 heterocycles. The number of methoxy groups -OCH3 is 3. The molecular weight excluding hydrogens is 358 g/mol. The Bertz CT molecular complexity index is 604. The third-order valence-electron chi connectivity index (χ3n) is 4.92. The van der Waals surface area contributed by atoms with Crippen LogP contribution in [0.25, 0.3) is 0 Å². The van der Waals surface area contributed by atoms with Crippen molar-refractivity contribution < 1.29 is 14.2 Å². The van der Waals surface area contributed by atoms with Gasteiger partial charge < -0.3 is 34.6 Å². The molecule has 0 amide bonds. The monoisotopic (exact) mass is 393 g/mol. The van der Waals surface area contributed by atoms with Gasteiger partial charge in [-0.1, -0.05) is 0 Å². The second-order valence-corrected chi connectivity index (χ2v) is 6.94. The van der Waals surface area contributed by atoms with Gasteiger partial charge in [0.1, 0.15) is 11.5 Å². The minimum Gasteiger partial charge on any atom is -0.497 e. The van der Waals surface area contributed by atoms with E-state index in [4.69, 9.17) is 14.2 Å². The van der Waals surface area contributed by atoms with Crippen LogP contribution in [0.3, 0.4) is 0 Å². The molecule has 2 rings (SSSR count). The van der Waals surface area contributed by atoms with Crippen molar-refractivity contribution in [2.24, 2.45) is 4.99 Å². The molecular formula is C20H35N5O3. The van der Waals surface area contributed by atoms with Gasteiger partial charge in [-0.3, -0.25) is 4.99 Å². The molecule has 0 spiro atoms. The van der Waals surface area contributed by atoms with E-state index in [1.165, 1.54) is 0 Å². The van der Waals surface area contributed by atoms with Gasteiger partial charge in [-0.15, -0.1) is 0 Å². The van der Waals surface area contributed by atoms with E-state index >= 15 is 0 Å². The number of guanidine groups is 1. The molecule has 1 unspecified atom stereocenters. The summed E-state index contributed by atoms with van der Waals surface area (Å²) in [6.45, 7) is 5.32. The Morgan fingerprint density at radius 3 is 2.50 bits per heavy atom. The normalized spacial score (nSPS) is 17.1. The smallest absolute Gasteiger partial charge is 0.191 e. The largest absolute Gasteiger partial charge is 0.497 e. The first-order valence-corrected chi connectivity index (χ1v) is 9.72. The van der Waals surface area contributed by atoms with Crippen LogP contribution in [0.2, 0.25) is 0 Å². The number of rotatable bonds is 10. The highest BCUT2D eigenvalue weighted by Gasteiger charge is 2.24. The molecule has 1 fully saturated rings. The van der Waals surface area contributed by atoms with Crippen molar-refractivity contribution in [3.63, 3.8) is 0 Å². The van der Waals surface area contributed by atoms with E-state index in [9.17, 15) is 0 Å². The van der Waals surface area contributed by atoms with E-state index in [0.29, 0.717) is 6.04 Å². The number of anilines is 1. The minimum atomic E-state index is 0.342. The van der Waals surface area contributed by atoms with E-state index in [-0.39, 0.29) is 0 Å². The Morgan fingerprint density at radius 1 is 1.18 bits per heavy atom. The lowest BCUT2D eigenvalue weighted by Crippen LogP contribution is -2.46. The third kappa shape index (κ3) is 6.76. The summed E-state index contributed by atoms with van der Waals surface area (Å²) in [6.07, 6.45) is 1.05. The molecule has 1 aliphatic heterocycles. The summed E-state index contributed by atoms with van der Waals surface area (Å²) in [5.41, 5.74) is 1.11. The Kier molecular flexibility index (Phi) is 9.16. The predicted molar refractivity (Wildman–Crippen MR) is 114 cm³/mol. The summed E-state index contributed by atoms with van der Waals surface area (Å²) in [5.74, 6) is 2.46. The van der Waals surface area contributed by atoms with Gasteiger partial charge in [-0.05, 0) is 13.5 Å². The van der Waals surface area contributed by atoms with Crippen LogP contribution in [-0.2, 0) is 4.74 Å². The lowest BCUT2D eigenvalue weighted by atomic mass is 10.2. The van der Waals surface area contributed by atoms with Crippen molar-refractivity contribution in [1.29, 1.82) is 0 Å². The quantitative estimate of drug-likeness (QED) is 0.454. The van der Waals surface area contributed by atoms with E-state index in [2.05, 4.69) is 32.5 Å². The molecule has 1 aromatic carbocycles. The molecule has 1 saturated heterocycles. The molecule has 0 aliphatic carbocycles. The van der Waals surface area contributed by atoms with Gasteiger partial charge in [0.15, 0.2) is 5.96 Å². The molecule has 8 heteroatoms. The molecule has 0 radical (unpaired) electrons. The number of hydrogen-bond donors (Lipinski definition) is 2. The molecule has 0 saturated carbocycles. The summed E-state index contributed by atoms with van der Waals surface area (Å²) in [5, 5.41) is 6.92. The van der Waals surface area contributed by atoms with Gasteiger partial charge in [0.2, 0.25) is 0 Å². The Hall–Kier alpha value is -2.19. The number of benzene rings is 1. The average molecular weight is 394 g/mol. The van der Waals surface area contributed by atoms with Crippen molar-refractivity contribution in [3.05, 3.63) is 18.2 Å². The molecule has 2 N–H and O–H groups in total. The van der Waals surface area contributed by atoms with Crippen LogP contribution in [0.15, 0.2) is 23.2 Å². The first kappa shape index (κ1) is 22.1. The molecule has 1 aliphatic rings. The number of ether oxygens (including phenoxy) is 3.